The van der Waals surface area contributed by atoms with Crippen molar-refractivity contribution in [2.75, 3.05) is 0 Å². The van der Waals surface area contributed by atoms with Gasteiger partial charge in [-0.05, 0) is 12.8 Å². The lowest BCUT2D eigenvalue weighted by Gasteiger charge is -2.11. The number of ether oxygens (including phenoxy) is 1. The number of rotatable bonds is 10. The molecule has 0 aliphatic carbocycles. The fraction of sp³-hybridized carbons (Fsp3) is 0.857. The molecule has 0 aromatic carbocycles. The van der Waals surface area contributed by atoms with E-state index in [2.05, 4.69) is 52.4 Å². The number of halogens is 2. The lowest BCUT2D eigenvalue weighted by atomic mass is 10.1. The van der Waals surface area contributed by atoms with Gasteiger partial charge in [-0.15, -0.1) is 0 Å². The number of unbranched alkanes of at least 4 members (excludes halogenated alkanes) is 4. The molecule has 0 N–H and O–H groups in total. The number of alkyl halides is 2. The summed E-state index contributed by atoms with van der Waals surface area (Å²) in [5.74, 6) is -0.847. The van der Waals surface area contributed by atoms with Gasteiger partial charge in [-0.1, -0.05) is 90.9 Å². The molecule has 0 spiro atoms. The zero-order valence-electron chi connectivity index (χ0n) is 11.8. The molecule has 0 aliphatic rings. The summed E-state index contributed by atoms with van der Waals surface area (Å²) in [6.45, 7) is 4.23. The van der Waals surface area contributed by atoms with Gasteiger partial charge in [0.1, 0.15) is 8.75 Å². The fourth-order valence-electron chi connectivity index (χ4n) is 1.61. The molecule has 112 valence electrons. The van der Waals surface area contributed by atoms with E-state index < -0.39 is 11.9 Å². The Morgan fingerprint density at radius 3 is 2.05 bits per heavy atom. The third-order valence-electron chi connectivity index (χ3n) is 2.83. The fourth-order valence-corrected chi connectivity index (χ4v) is 2.59. The molecule has 0 saturated carbocycles. The van der Waals surface area contributed by atoms with E-state index in [9.17, 15) is 9.59 Å². The maximum absolute atomic E-state index is 11.7. The SMILES string of the molecule is CCCCCC(Br)C(=O)OC(=O)C(I)CCCCC. The Balaban J connectivity index is 3.92. The summed E-state index contributed by atoms with van der Waals surface area (Å²) in [5, 5.41) is 0. The van der Waals surface area contributed by atoms with Gasteiger partial charge < -0.3 is 4.74 Å². The van der Waals surface area contributed by atoms with Crippen LogP contribution in [0.2, 0.25) is 0 Å². The summed E-state index contributed by atoms with van der Waals surface area (Å²) >= 11 is 5.34. The van der Waals surface area contributed by atoms with E-state index in [1.807, 2.05) is 0 Å². The van der Waals surface area contributed by atoms with Crippen molar-refractivity contribution in [3.63, 3.8) is 0 Å². The van der Waals surface area contributed by atoms with Crippen LogP contribution < -0.4 is 0 Å². The Morgan fingerprint density at radius 1 is 1.00 bits per heavy atom. The summed E-state index contributed by atoms with van der Waals surface area (Å²) in [7, 11) is 0. The van der Waals surface area contributed by atoms with Crippen LogP contribution >= 0.6 is 38.5 Å². The molecule has 0 aromatic heterocycles. The maximum atomic E-state index is 11.7. The van der Waals surface area contributed by atoms with Crippen molar-refractivity contribution in [2.45, 2.75) is 74.0 Å². The topological polar surface area (TPSA) is 43.4 Å². The molecule has 0 bridgehead atoms. The van der Waals surface area contributed by atoms with E-state index in [4.69, 9.17) is 4.74 Å². The van der Waals surface area contributed by atoms with E-state index in [0.717, 1.165) is 51.4 Å². The van der Waals surface area contributed by atoms with Crippen molar-refractivity contribution < 1.29 is 14.3 Å². The molecule has 0 aliphatic heterocycles. The van der Waals surface area contributed by atoms with Gasteiger partial charge in [0, 0.05) is 0 Å². The Labute approximate surface area is 138 Å². The third kappa shape index (κ3) is 9.82. The van der Waals surface area contributed by atoms with Gasteiger partial charge in [0.25, 0.3) is 0 Å². The predicted molar refractivity (Wildman–Crippen MR) is 89.9 cm³/mol. The second-order valence-electron chi connectivity index (χ2n) is 4.67. The van der Waals surface area contributed by atoms with Crippen LogP contribution in [0.4, 0.5) is 0 Å². The van der Waals surface area contributed by atoms with Gasteiger partial charge in [0.2, 0.25) is 0 Å². The minimum absolute atomic E-state index is 0.219. The number of carbonyl (C=O) groups excluding carboxylic acids is 2. The van der Waals surface area contributed by atoms with Crippen molar-refractivity contribution >= 4 is 50.5 Å². The lowest BCUT2D eigenvalue weighted by molar-refractivity contribution is -0.158. The van der Waals surface area contributed by atoms with E-state index >= 15 is 0 Å². The molecule has 19 heavy (non-hydrogen) atoms. The first kappa shape index (κ1) is 19.4. The number of hydrogen-bond acceptors (Lipinski definition) is 3. The van der Waals surface area contributed by atoms with Crippen molar-refractivity contribution in [3.8, 4) is 0 Å². The number of esters is 2. The Bertz CT molecular complexity index is 245. The minimum Gasteiger partial charge on any atom is -0.392 e. The van der Waals surface area contributed by atoms with Crippen LogP contribution in [0.15, 0.2) is 0 Å². The highest BCUT2D eigenvalue weighted by Crippen LogP contribution is 2.17. The molecule has 0 fully saturated rings. The summed E-state index contributed by atoms with van der Waals surface area (Å²) in [5.41, 5.74) is 0. The molecule has 0 heterocycles. The first-order valence-electron chi connectivity index (χ1n) is 7.06. The lowest BCUT2D eigenvalue weighted by Crippen LogP contribution is -2.26. The largest absolute Gasteiger partial charge is 0.392 e. The monoisotopic (exact) mass is 446 g/mol. The van der Waals surface area contributed by atoms with Gasteiger partial charge in [0.15, 0.2) is 0 Å². The number of carbonyl (C=O) groups is 2. The Morgan fingerprint density at radius 2 is 1.53 bits per heavy atom. The number of hydrogen-bond donors (Lipinski definition) is 0. The second-order valence-corrected chi connectivity index (χ2v) is 7.28. The molecule has 0 saturated heterocycles. The molecular weight excluding hydrogens is 423 g/mol. The van der Waals surface area contributed by atoms with Crippen molar-refractivity contribution in [1.82, 2.24) is 0 Å². The molecule has 5 heteroatoms. The van der Waals surface area contributed by atoms with Crippen LogP contribution in [-0.2, 0) is 14.3 Å². The van der Waals surface area contributed by atoms with Crippen molar-refractivity contribution in [2.24, 2.45) is 0 Å². The smallest absolute Gasteiger partial charge is 0.327 e. The highest BCUT2D eigenvalue weighted by Gasteiger charge is 2.23. The zero-order valence-corrected chi connectivity index (χ0v) is 15.5. The van der Waals surface area contributed by atoms with Gasteiger partial charge in [-0.2, -0.15) is 0 Å². The van der Waals surface area contributed by atoms with Crippen LogP contribution in [0.5, 0.6) is 0 Å². The maximum Gasteiger partial charge on any atom is 0.327 e. The Hall–Kier alpha value is 0.350. The van der Waals surface area contributed by atoms with Crippen LogP contribution in [0.1, 0.15) is 65.2 Å². The molecule has 0 amide bonds. The quantitative estimate of drug-likeness (QED) is 0.159. The predicted octanol–water partition coefficient (Wildman–Crippen LogP) is 4.78. The van der Waals surface area contributed by atoms with Gasteiger partial charge in [-0.25, -0.2) is 0 Å². The van der Waals surface area contributed by atoms with Crippen LogP contribution in [0, 0.1) is 0 Å². The first-order chi connectivity index (χ1) is 9.02. The molecule has 3 nitrogen and oxygen atoms in total. The highest BCUT2D eigenvalue weighted by molar-refractivity contribution is 14.1. The molecule has 2 unspecified atom stereocenters. The molecule has 0 rings (SSSR count). The van der Waals surface area contributed by atoms with Crippen molar-refractivity contribution in [3.05, 3.63) is 0 Å². The third-order valence-corrected chi connectivity index (χ3v) is 4.80. The standard InChI is InChI=1S/C14H24BrIO3/c1-3-5-7-9-11(15)13(17)19-14(18)12(16)10-8-6-4-2/h11-12H,3-10H2,1-2H3. The zero-order chi connectivity index (χ0) is 14.7. The average Bonchev–Trinajstić information content (AvgIpc) is 2.38. The average molecular weight is 447 g/mol. The van der Waals surface area contributed by atoms with E-state index in [1.165, 1.54) is 0 Å². The van der Waals surface area contributed by atoms with Crippen molar-refractivity contribution in [1.29, 1.82) is 0 Å². The minimum atomic E-state index is -0.446. The first-order valence-corrected chi connectivity index (χ1v) is 9.22. The van der Waals surface area contributed by atoms with E-state index in [1.54, 1.807) is 0 Å². The van der Waals surface area contributed by atoms with Gasteiger partial charge >= 0.3 is 11.9 Å². The molecule has 0 aromatic rings. The molecule has 0 radical (unpaired) electrons. The second kappa shape index (κ2) is 12.1. The molecular formula is C14H24BrIO3. The summed E-state index contributed by atoms with van der Waals surface area (Å²) in [6, 6.07) is 0. The summed E-state index contributed by atoms with van der Waals surface area (Å²) < 4.78 is 4.68. The van der Waals surface area contributed by atoms with Crippen LogP contribution in [-0.4, -0.2) is 20.7 Å². The van der Waals surface area contributed by atoms with Crippen LogP contribution in [0.3, 0.4) is 0 Å². The van der Waals surface area contributed by atoms with Gasteiger partial charge in [-0.3, -0.25) is 9.59 Å². The van der Waals surface area contributed by atoms with E-state index in [-0.39, 0.29) is 8.75 Å². The van der Waals surface area contributed by atoms with Gasteiger partial charge in [0.05, 0.1) is 0 Å². The molecule has 2 atom stereocenters. The summed E-state index contributed by atoms with van der Waals surface area (Å²) in [4.78, 5) is 23.0. The van der Waals surface area contributed by atoms with Crippen LogP contribution in [0.25, 0.3) is 0 Å². The van der Waals surface area contributed by atoms with E-state index in [0.29, 0.717) is 0 Å². The summed E-state index contributed by atoms with van der Waals surface area (Å²) in [6.07, 6.45) is 7.92. The highest BCUT2D eigenvalue weighted by atomic mass is 127. The normalized spacial score (nSPS) is 13.9. The Kier molecular flexibility index (Phi) is 12.3.